The second kappa shape index (κ2) is 8.96. The number of rotatable bonds is 5. The summed E-state index contributed by atoms with van der Waals surface area (Å²) in [5, 5.41) is 21.0. The van der Waals surface area contributed by atoms with E-state index in [-0.39, 0.29) is 15.8 Å². The predicted octanol–water partition coefficient (Wildman–Crippen LogP) is 2.92. The molecule has 9 heteroatoms. The third-order valence-electron chi connectivity index (χ3n) is 3.50. The SMILES string of the molecule is COC(=O)C1=NC(=N[N+](=Nc2ccccc2)c2ccccc2)SC1=C([O-])OC. The second-order valence-electron chi connectivity index (χ2n) is 5.32. The first-order valence-corrected chi connectivity index (χ1v) is 8.95. The Morgan fingerprint density at radius 3 is 2.29 bits per heavy atom. The molecule has 0 fully saturated rings. The van der Waals surface area contributed by atoms with E-state index in [0.717, 1.165) is 11.8 Å². The Bertz CT molecular complexity index is 986. The van der Waals surface area contributed by atoms with E-state index in [0.29, 0.717) is 11.4 Å². The molecule has 8 nitrogen and oxygen atoms in total. The van der Waals surface area contributed by atoms with Crippen LogP contribution in [0.25, 0.3) is 0 Å². The highest BCUT2D eigenvalue weighted by molar-refractivity contribution is 8.18. The number of ether oxygens (including phenoxy) is 2. The van der Waals surface area contributed by atoms with Crippen molar-refractivity contribution < 1.29 is 24.2 Å². The monoisotopic (exact) mass is 396 g/mol. The molecule has 2 aromatic rings. The van der Waals surface area contributed by atoms with Crippen molar-refractivity contribution in [3.63, 3.8) is 0 Å². The van der Waals surface area contributed by atoms with E-state index in [2.05, 4.69) is 19.9 Å². The zero-order valence-corrected chi connectivity index (χ0v) is 15.9. The molecule has 0 N–H and O–H groups in total. The maximum absolute atomic E-state index is 12.0. The van der Waals surface area contributed by atoms with Gasteiger partial charge in [-0.25, -0.2) is 9.79 Å². The molecule has 0 saturated heterocycles. The molecular weight excluding hydrogens is 380 g/mol. The van der Waals surface area contributed by atoms with Crippen LogP contribution in [0, 0.1) is 0 Å². The summed E-state index contributed by atoms with van der Waals surface area (Å²) in [5.74, 6) is -1.44. The van der Waals surface area contributed by atoms with Gasteiger partial charge in [-0.2, -0.15) is 0 Å². The fourth-order valence-corrected chi connectivity index (χ4v) is 3.03. The Morgan fingerprint density at radius 2 is 1.68 bits per heavy atom. The van der Waals surface area contributed by atoms with E-state index in [1.807, 2.05) is 60.7 Å². The Morgan fingerprint density at radius 1 is 1.04 bits per heavy atom. The van der Waals surface area contributed by atoms with Gasteiger partial charge in [0.25, 0.3) is 10.9 Å². The van der Waals surface area contributed by atoms with Gasteiger partial charge in [-0.1, -0.05) is 36.4 Å². The number of carbonyl (C=O) groups is 1. The molecule has 28 heavy (non-hydrogen) atoms. The zero-order valence-electron chi connectivity index (χ0n) is 15.1. The van der Waals surface area contributed by atoms with Crippen LogP contribution >= 0.6 is 11.8 Å². The molecule has 1 heterocycles. The van der Waals surface area contributed by atoms with Crippen molar-refractivity contribution in [1.82, 2.24) is 0 Å². The summed E-state index contributed by atoms with van der Waals surface area (Å²) in [6.45, 7) is 0. The van der Waals surface area contributed by atoms with Gasteiger partial charge in [0, 0.05) is 17.2 Å². The molecule has 0 unspecified atom stereocenters. The average Bonchev–Trinajstić information content (AvgIpc) is 3.17. The lowest BCUT2D eigenvalue weighted by atomic mass is 10.3. The number of azo groups is 1. The third-order valence-corrected chi connectivity index (χ3v) is 4.42. The summed E-state index contributed by atoms with van der Waals surface area (Å²) < 4.78 is 9.40. The number of carbonyl (C=O) groups excluding carboxylic acids is 1. The Balaban J connectivity index is 2.07. The first-order valence-electron chi connectivity index (χ1n) is 8.13. The lowest BCUT2D eigenvalue weighted by Crippen LogP contribution is -2.19. The maximum atomic E-state index is 12.0. The Hall–Kier alpha value is -3.46. The normalized spacial score (nSPS) is 17.3. The minimum Gasteiger partial charge on any atom is -0.616 e. The number of hydrazone groups is 1. The van der Waals surface area contributed by atoms with Crippen molar-refractivity contribution in [2.24, 2.45) is 15.2 Å². The molecule has 0 radical (unpaired) electrons. The number of esters is 1. The smallest absolute Gasteiger partial charge is 0.358 e. The fourth-order valence-electron chi connectivity index (χ4n) is 2.20. The van der Waals surface area contributed by atoms with Gasteiger partial charge in [-0.3, -0.25) is 0 Å². The number of amidine groups is 1. The number of methoxy groups -OCH3 is 2. The number of nitrogens with zero attached hydrogens (tertiary/aromatic N) is 4. The molecule has 0 atom stereocenters. The number of hydrogen-bond acceptors (Lipinski definition) is 6. The van der Waals surface area contributed by atoms with Crippen molar-refractivity contribution in [3.05, 3.63) is 71.5 Å². The first kappa shape index (κ1) is 19.3. The van der Waals surface area contributed by atoms with Gasteiger partial charge in [0.05, 0.1) is 27.9 Å². The lowest BCUT2D eigenvalue weighted by Gasteiger charge is -2.11. The summed E-state index contributed by atoms with van der Waals surface area (Å²) in [6.07, 6.45) is 0. The van der Waals surface area contributed by atoms with Crippen molar-refractivity contribution >= 4 is 40.0 Å². The average molecular weight is 396 g/mol. The Labute approximate surface area is 165 Å². The molecule has 2 aromatic carbocycles. The van der Waals surface area contributed by atoms with Crippen LogP contribution in [-0.2, 0) is 14.3 Å². The van der Waals surface area contributed by atoms with Gasteiger partial charge in [0.1, 0.15) is 5.69 Å². The van der Waals surface area contributed by atoms with Crippen LogP contribution in [0.4, 0.5) is 11.4 Å². The minimum absolute atomic E-state index is 0.0147. The van der Waals surface area contributed by atoms with Gasteiger partial charge in [-0.05, 0) is 31.0 Å². The summed E-state index contributed by atoms with van der Waals surface area (Å²) in [7, 11) is 2.43. The van der Waals surface area contributed by atoms with E-state index in [1.54, 1.807) is 0 Å². The number of para-hydroxylation sites is 1. The second-order valence-corrected chi connectivity index (χ2v) is 6.30. The summed E-state index contributed by atoms with van der Waals surface area (Å²) in [6, 6.07) is 18.5. The van der Waals surface area contributed by atoms with Crippen molar-refractivity contribution in [2.45, 2.75) is 0 Å². The molecule has 0 saturated carbocycles. The summed E-state index contributed by atoms with van der Waals surface area (Å²) in [4.78, 5) is 17.5. The fraction of sp³-hybridized carbons (Fsp3) is 0.105. The first-order chi connectivity index (χ1) is 13.6. The number of hydrogen-bond donors (Lipinski definition) is 0. The standard InChI is InChI=1S/C19H16N4O4S/c1-26-17(24)15-16(18(25)27-2)28-19(20-15)22-23(14-11-7-4-8-12-14)21-13-9-5-3-6-10-13/h3-12H,1-2H3. The summed E-state index contributed by atoms with van der Waals surface area (Å²) in [5.41, 5.74) is 1.21. The molecule has 0 aromatic heterocycles. The minimum atomic E-state index is -0.746. The Kier molecular flexibility index (Phi) is 6.18. The van der Waals surface area contributed by atoms with Gasteiger partial charge in [0.2, 0.25) is 0 Å². The molecule has 1 aliphatic heterocycles. The van der Waals surface area contributed by atoms with Gasteiger partial charge in [0.15, 0.2) is 5.71 Å². The van der Waals surface area contributed by atoms with Gasteiger partial charge >= 0.3 is 5.97 Å². The third kappa shape index (κ3) is 4.44. The lowest BCUT2D eigenvalue weighted by molar-refractivity contribution is -0.513. The molecule has 1 aliphatic rings. The molecule has 0 amide bonds. The predicted molar refractivity (Wildman–Crippen MR) is 103 cm³/mol. The highest BCUT2D eigenvalue weighted by Crippen LogP contribution is 2.31. The molecule has 142 valence electrons. The van der Waals surface area contributed by atoms with Crippen molar-refractivity contribution in [1.29, 1.82) is 0 Å². The zero-order chi connectivity index (χ0) is 19.9. The molecule has 3 rings (SSSR count). The van der Waals surface area contributed by atoms with E-state index < -0.39 is 11.9 Å². The maximum Gasteiger partial charge on any atom is 0.358 e. The van der Waals surface area contributed by atoms with Crippen LogP contribution in [0.1, 0.15) is 0 Å². The number of aliphatic imine (C=N–C) groups is 1. The van der Waals surface area contributed by atoms with Crippen LogP contribution in [0.15, 0.2) is 86.7 Å². The molecule has 0 bridgehead atoms. The van der Waals surface area contributed by atoms with Crippen LogP contribution < -0.4 is 5.11 Å². The van der Waals surface area contributed by atoms with Crippen molar-refractivity contribution in [3.8, 4) is 0 Å². The van der Waals surface area contributed by atoms with E-state index >= 15 is 0 Å². The van der Waals surface area contributed by atoms with Gasteiger partial charge < -0.3 is 14.6 Å². The van der Waals surface area contributed by atoms with Crippen LogP contribution in [0.5, 0.6) is 0 Å². The molecular formula is C19H16N4O4S. The van der Waals surface area contributed by atoms with Crippen LogP contribution in [0.2, 0.25) is 0 Å². The van der Waals surface area contributed by atoms with Gasteiger partial charge in [-0.15, -0.1) is 0 Å². The quantitative estimate of drug-likeness (QED) is 0.254. The molecule has 0 spiro atoms. The summed E-state index contributed by atoms with van der Waals surface area (Å²) >= 11 is 0.915. The van der Waals surface area contributed by atoms with E-state index in [4.69, 9.17) is 4.74 Å². The topological polar surface area (TPSA) is 98.7 Å². The molecule has 0 aliphatic carbocycles. The van der Waals surface area contributed by atoms with Crippen LogP contribution in [0.3, 0.4) is 0 Å². The van der Waals surface area contributed by atoms with E-state index in [1.165, 1.54) is 19.0 Å². The van der Waals surface area contributed by atoms with Crippen molar-refractivity contribution in [2.75, 3.05) is 14.2 Å². The largest absolute Gasteiger partial charge is 0.616 e. The van der Waals surface area contributed by atoms with E-state index in [9.17, 15) is 9.90 Å². The van der Waals surface area contributed by atoms with Crippen LogP contribution in [-0.4, -0.2) is 35.9 Å². The number of thioether (sulfide) groups is 1. The number of benzene rings is 2. The highest BCUT2D eigenvalue weighted by Gasteiger charge is 2.30. The highest BCUT2D eigenvalue weighted by atomic mass is 32.2.